The van der Waals surface area contributed by atoms with Gasteiger partial charge in [-0.05, 0) is 135 Å². The molecule has 3 aliphatic heterocycles. The van der Waals surface area contributed by atoms with E-state index in [1.54, 1.807) is 10.4 Å². The Hall–Kier alpha value is -6.42. The summed E-state index contributed by atoms with van der Waals surface area (Å²) < 4.78 is 0. The van der Waals surface area contributed by atoms with E-state index in [0.29, 0.717) is 0 Å². The SMILES string of the molecule is C=Cc1c(N2c3ccccc3CCc3ccccc32)ccc(C=Cc2ccc3c(c2)C(C)(C)c2cc(N4c5ccccc5[Si]5(CCCC5)c5ccccc54)ccc2-3)c1C=CC. The molecular formula is C58H52N2Si. The minimum absolute atomic E-state index is 0.158. The lowest BCUT2D eigenvalue weighted by Crippen LogP contribution is -2.60. The van der Waals surface area contributed by atoms with Crippen LogP contribution in [0.1, 0.15) is 78.1 Å². The molecule has 7 aromatic rings. The van der Waals surface area contributed by atoms with Crippen molar-refractivity contribution < 1.29 is 0 Å². The molecule has 0 amide bonds. The van der Waals surface area contributed by atoms with Crippen LogP contribution in [-0.2, 0) is 18.3 Å². The summed E-state index contributed by atoms with van der Waals surface area (Å²) in [5, 5.41) is 3.24. The summed E-state index contributed by atoms with van der Waals surface area (Å²) in [6, 6.07) is 58.0. The quantitative estimate of drug-likeness (QED) is 0.122. The number of nitrogens with zero attached hydrogens (tertiary/aromatic N) is 2. The monoisotopic (exact) mass is 804 g/mol. The molecule has 4 aliphatic rings. The fourth-order valence-electron chi connectivity index (χ4n) is 11.5. The molecule has 0 N–H and O–H groups in total. The first kappa shape index (κ1) is 37.6. The van der Waals surface area contributed by atoms with Crippen molar-refractivity contribution in [3.63, 3.8) is 0 Å². The molecule has 1 spiro atoms. The first-order valence-electron chi connectivity index (χ1n) is 22.3. The summed E-state index contributed by atoms with van der Waals surface area (Å²) in [4.78, 5) is 5.03. The second-order valence-corrected chi connectivity index (χ2v) is 22.2. The van der Waals surface area contributed by atoms with Gasteiger partial charge in [-0.25, -0.2) is 0 Å². The Morgan fingerprint density at radius 1 is 0.541 bits per heavy atom. The van der Waals surface area contributed by atoms with Crippen molar-refractivity contribution in [1.82, 2.24) is 0 Å². The van der Waals surface area contributed by atoms with E-state index in [0.717, 1.165) is 24.1 Å². The zero-order chi connectivity index (χ0) is 41.3. The average molecular weight is 805 g/mol. The standard InChI is InChI=1S/C58H52N2Si/c1-5-17-46-41(31-35-53(45(46)6-2)60-51-20-9-7-18-42(51)29-30-43-19-8-10-21-52(43)60)28-26-40-27-33-47-48-34-32-44(39-50(48)58(3,4)49(47)38-40)59-54-22-11-13-24-56(54)61(36-15-16-37-61)57-25-14-12-23-55(57)59/h5-14,17-28,31-35,38-39H,2,15-16,29-30,36-37H2,1,3-4H3. The molecule has 1 aliphatic carbocycles. The van der Waals surface area contributed by atoms with Gasteiger partial charge < -0.3 is 9.80 Å². The smallest absolute Gasteiger partial charge is 0.123 e. The molecule has 0 atom stereocenters. The third-order valence-electron chi connectivity index (χ3n) is 14.4. The average Bonchev–Trinajstić information content (AvgIpc) is 3.82. The number of aryl methyl sites for hydroxylation is 2. The lowest BCUT2D eigenvalue weighted by molar-refractivity contribution is 0.660. The molecule has 0 unspecified atom stereocenters. The molecule has 11 rings (SSSR count). The maximum absolute atomic E-state index is 4.39. The summed E-state index contributed by atoms with van der Waals surface area (Å²) in [5.41, 5.74) is 20.4. The minimum Gasteiger partial charge on any atom is -0.311 e. The molecule has 0 bridgehead atoms. The van der Waals surface area contributed by atoms with Gasteiger partial charge in [-0.2, -0.15) is 0 Å². The van der Waals surface area contributed by atoms with Gasteiger partial charge in [0.15, 0.2) is 0 Å². The Bertz CT molecular complexity index is 2860. The molecule has 0 saturated carbocycles. The Kier molecular flexibility index (Phi) is 9.02. The molecule has 1 saturated heterocycles. The Balaban J connectivity index is 0.953. The van der Waals surface area contributed by atoms with Gasteiger partial charge in [0.2, 0.25) is 0 Å². The van der Waals surface area contributed by atoms with E-state index < -0.39 is 8.07 Å². The predicted molar refractivity (Wildman–Crippen MR) is 265 cm³/mol. The fourth-order valence-corrected chi connectivity index (χ4v) is 17.0. The van der Waals surface area contributed by atoms with E-state index in [9.17, 15) is 0 Å². The summed E-state index contributed by atoms with van der Waals surface area (Å²) in [6.45, 7) is 11.3. The molecule has 2 nitrogen and oxygen atoms in total. The maximum Gasteiger partial charge on any atom is 0.123 e. The summed E-state index contributed by atoms with van der Waals surface area (Å²) in [5.74, 6) is 0. The Labute approximate surface area is 362 Å². The number of anilines is 6. The van der Waals surface area contributed by atoms with Crippen molar-refractivity contribution in [2.24, 2.45) is 0 Å². The lowest BCUT2D eigenvalue weighted by atomic mass is 9.81. The first-order valence-corrected chi connectivity index (χ1v) is 24.7. The number of allylic oxidation sites excluding steroid dienone is 1. The van der Waals surface area contributed by atoms with Crippen LogP contribution in [0.3, 0.4) is 0 Å². The maximum atomic E-state index is 4.39. The van der Waals surface area contributed by atoms with Crippen LogP contribution in [0.4, 0.5) is 34.1 Å². The van der Waals surface area contributed by atoms with Crippen LogP contribution < -0.4 is 20.2 Å². The third kappa shape index (κ3) is 5.81. The first-order chi connectivity index (χ1) is 29.9. The van der Waals surface area contributed by atoms with Crippen LogP contribution in [0.15, 0.2) is 158 Å². The molecule has 3 heteroatoms. The number of fused-ring (bicyclic) bond motifs is 9. The number of hydrogen-bond acceptors (Lipinski definition) is 2. The van der Waals surface area contributed by atoms with Gasteiger partial charge in [0.25, 0.3) is 0 Å². The van der Waals surface area contributed by atoms with Gasteiger partial charge in [0, 0.05) is 39.4 Å². The van der Waals surface area contributed by atoms with Crippen molar-refractivity contribution in [3.05, 3.63) is 203 Å². The van der Waals surface area contributed by atoms with Gasteiger partial charge in [0.05, 0.1) is 5.69 Å². The van der Waals surface area contributed by atoms with Crippen molar-refractivity contribution >= 4 is 76.9 Å². The third-order valence-corrected chi connectivity index (χ3v) is 19.7. The summed E-state index contributed by atoms with van der Waals surface area (Å²) in [6.07, 6.45) is 15.7. The second kappa shape index (κ2) is 14.6. The van der Waals surface area contributed by atoms with Crippen molar-refractivity contribution in [1.29, 1.82) is 0 Å². The van der Waals surface area contributed by atoms with Gasteiger partial charge in [-0.15, -0.1) is 0 Å². The number of rotatable bonds is 6. The van der Waals surface area contributed by atoms with E-state index >= 15 is 0 Å². The highest BCUT2D eigenvalue weighted by atomic mass is 28.3. The van der Waals surface area contributed by atoms with E-state index in [-0.39, 0.29) is 5.41 Å². The fraction of sp³-hybridized carbons (Fsp3) is 0.172. The summed E-state index contributed by atoms with van der Waals surface area (Å²) >= 11 is 0. The van der Waals surface area contributed by atoms with E-state index in [4.69, 9.17) is 0 Å². The lowest BCUT2D eigenvalue weighted by Gasteiger charge is -2.43. The molecule has 298 valence electrons. The predicted octanol–water partition coefficient (Wildman–Crippen LogP) is 14.5. The van der Waals surface area contributed by atoms with E-state index in [2.05, 4.69) is 207 Å². The zero-order valence-electron chi connectivity index (χ0n) is 35.6. The minimum atomic E-state index is -1.79. The molecule has 7 aromatic carbocycles. The summed E-state index contributed by atoms with van der Waals surface area (Å²) in [7, 11) is -1.79. The van der Waals surface area contributed by atoms with Crippen LogP contribution >= 0.6 is 0 Å². The largest absolute Gasteiger partial charge is 0.311 e. The van der Waals surface area contributed by atoms with Gasteiger partial charge >= 0.3 is 0 Å². The molecule has 61 heavy (non-hydrogen) atoms. The highest BCUT2D eigenvalue weighted by Gasteiger charge is 2.47. The van der Waals surface area contributed by atoms with E-state index in [1.165, 1.54) is 103 Å². The second-order valence-electron chi connectivity index (χ2n) is 18.0. The van der Waals surface area contributed by atoms with Crippen LogP contribution in [0.2, 0.25) is 12.1 Å². The molecular weight excluding hydrogens is 753 g/mol. The Morgan fingerprint density at radius 2 is 1.11 bits per heavy atom. The number of benzene rings is 7. The molecule has 0 aromatic heterocycles. The molecule has 1 fully saturated rings. The van der Waals surface area contributed by atoms with Gasteiger partial charge in [0.1, 0.15) is 8.07 Å². The highest BCUT2D eigenvalue weighted by Crippen LogP contribution is 2.52. The number of hydrogen-bond donors (Lipinski definition) is 0. The van der Waals surface area contributed by atoms with Gasteiger partial charge in [-0.3, -0.25) is 0 Å². The van der Waals surface area contributed by atoms with Crippen LogP contribution in [-0.4, -0.2) is 8.07 Å². The number of para-hydroxylation sites is 4. The molecule has 3 heterocycles. The van der Waals surface area contributed by atoms with Crippen LogP contribution in [0, 0.1) is 0 Å². The topological polar surface area (TPSA) is 6.48 Å². The van der Waals surface area contributed by atoms with Crippen molar-refractivity contribution in [3.8, 4) is 11.1 Å². The Morgan fingerprint density at radius 3 is 1.74 bits per heavy atom. The van der Waals surface area contributed by atoms with Crippen molar-refractivity contribution in [2.75, 3.05) is 9.80 Å². The van der Waals surface area contributed by atoms with Crippen LogP contribution in [0.25, 0.3) is 35.4 Å². The molecule has 0 radical (unpaired) electrons. The van der Waals surface area contributed by atoms with Gasteiger partial charge in [-0.1, -0.05) is 167 Å². The highest BCUT2D eigenvalue weighted by molar-refractivity contribution is 7.05. The van der Waals surface area contributed by atoms with Crippen molar-refractivity contribution in [2.45, 2.75) is 64.0 Å². The normalized spacial score (nSPS) is 16.5. The van der Waals surface area contributed by atoms with E-state index in [1.807, 2.05) is 6.08 Å². The van der Waals surface area contributed by atoms with Crippen LogP contribution in [0.5, 0.6) is 0 Å². The zero-order valence-corrected chi connectivity index (χ0v) is 36.6.